The van der Waals surface area contributed by atoms with Crippen molar-refractivity contribution in [1.82, 2.24) is 9.55 Å². The molecule has 0 saturated carbocycles. The van der Waals surface area contributed by atoms with Crippen LogP contribution < -0.4 is 0 Å². The second kappa shape index (κ2) is 3.36. The van der Waals surface area contributed by atoms with Crippen LogP contribution in [-0.4, -0.2) is 21.3 Å². The molecule has 0 spiro atoms. The van der Waals surface area contributed by atoms with Crippen molar-refractivity contribution >= 4 is 15.9 Å². The van der Waals surface area contributed by atoms with Crippen LogP contribution in [0, 0.1) is 6.92 Å². The lowest BCUT2D eigenvalue weighted by molar-refractivity contribution is 0.295. The van der Waals surface area contributed by atoms with Gasteiger partial charge in [0, 0.05) is 13.5 Å². The van der Waals surface area contributed by atoms with E-state index in [0.717, 1.165) is 16.1 Å². The largest absolute Gasteiger partial charge is 0.396 e. The smallest absolute Gasteiger partial charge is 0.111 e. The Morgan fingerprint density at radius 2 is 2.27 bits per heavy atom. The summed E-state index contributed by atoms with van der Waals surface area (Å²) >= 11 is 3.39. The summed E-state index contributed by atoms with van der Waals surface area (Å²) in [4.78, 5) is 4.26. The number of halogens is 1. The Labute approximate surface area is 74.2 Å². The van der Waals surface area contributed by atoms with E-state index >= 15 is 0 Å². The van der Waals surface area contributed by atoms with Gasteiger partial charge in [-0.25, -0.2) is 4.98 Å². The Kier molecular flexibility index (Phi) is 2.67. The zero-order chi connectivity index (χ0) is 8.43. The molecule has 1 heterocycles. The molecule has 0 saturated heterocycles. The van der Waals surface area contributed by atoms with E-state index in [-0.39, 0.29) is 6.61 Å². The minimum Gasteiger partial charge on any atom is -0.396 e. The Balaban J connectivity index is 2.98. The van der Waals surface area contributed by atoms with Gasteiger partial charge in [-0.05, 0) is 22.9 Å². The van der Waals surface area contributed by atoms with Crippen molar-refractivity contribution in [2.24, 2.45) is 7.05 Å². The van der Waals surface area contributed by atoms with Gasteiger partial charge < -0.3 is 9.67 Å². The first-order valence-electron chi connectivity index (χ1n) is 3.45. The molecule has 0 aliphatic rings. The summed E-state index contributed by atoms with van der Waals surface area (Å²) in [6, 6.07) is 0. The fourth-order valence-corrected chi connectivity index (χ4v) is 1.29. The van der Waals surface area contributed by atoms with Crippen molar-refractivity contribution in [3.63, 3.8) is 0 Å². The zero-order valence-corrected chi connectivity index (χ0v) is 8.22. The maximum Gasteiger partial charge on any atom is 0.111 e. The molecule has 11 heavy (non-hydrogen) atoms. The van der Waals surface area contributed by atoms with E-state index in [1.807, 2.05) is 18.5 Å². The molecule has 1 aromatic rings. The molecule has 0 aromatic carbocycles. The average molecular weight is 219 g/mol. The maximum absolute atomic E-state index is 8.68. The Morgan fingerprint density at radius 1 is 1.64 bits per heavy atom. The third-order valence-electron chi connectivity index (χ3n) is 1.61. The summed E-state index contributed by atoms with van der Waals surface area (Å²) in [6.45, 7) is 2.09. The Morgan fingerprint density at radius 3 is 2.64 bits per heavy atom. The van der Waals surface area contributed by atoms with E-state index in [4.69, 9.17) is 5.11 Å². The molecule has 1 aromatic heterocycles. The zero-order valence-electron chi connectivity index (χ0n) is 6.63. The van der Waals surface area contributed by atoms with E-state index in [2.05, 4.69) is 20.9 Å². The van der Waals surface area contributed by atoms with Crippen LogP contribution >= 0.6 is 15.9 Å². The first kappa shape index (κ1) is 8.74. The van der Waals surface area contributed by atoms with Gasteiger partial charge in [0.15, 0.2) is 0 Å². The molecule has 3 nitrogen and oxygen atoms in total. The van der Waals surface area contributed by atoms with Gasteiger partial charge >= 0.3 is 0 Å². The summed E-state index contributed by atoms with van der Waals surface area (Å²) < 4.78 is 2.92. The van der Waals surface area contributed by atoms with Crippen molar-refractivity contribution in [1.29, 1.82) is 0 Å². The topological polar surface area (TPSA) is 38.1 Å². The number of nitrogens with zero attached hydrogens (tertiary/aromatic N) is 2. The number of aliphatic hydroxyl groups excluding tert-OH is 1. The van der Waals surface area contributed by atoms with Crippen molar-refractivity contribution in [2.45, 2.75) is 13.3 Å². The minimum absolute atomic E-state index is 0.150. The average Bonchev–Trinajstić information content (AvgIpc) is 2.19. The SMILES string of the molecule is Cc1nc(CCO)n(C)c1Br. The summed E-state index contributed by atoms with van der Waals surface area (Å²) in [5.74, 6) is 0.914. The molecule has 1 rings (SSSR count). The number of aryl methyl sites for hydroxylation is 1. The van der Waals surface area contributed by atoms with E-state index in [1.54, 1.807) is 0 Å². The molecule has 0 radical (unpaired) electrons. The van der Waals surface area contributed by atoms with Crippen LogP contribution in [0.3, 0.4) is 0 Å². The molecule has 1 N–H and O–H groups in total. The van der Waals surface area contributed by atoms with E-state index in [0.29, 0.717) is 6.42 Å². The van der Waals surface area contributed by atoms with Gasteiger partial charge in [-0.3, -0.25) is 0 Å². The Bertz CT molecular complexity index is 257. The van der Waals surface area contributed by atoms with Crippen LogP contribution in [0.25, 0.3) is 0 Å². The van der Waals surface area contributed by atoms with E-state index < -0.39 is 0 Å². The molecule has 0 aliphatic heterocycles. The quantitative estimate of drug-likeness (QED) is 0.806. The van der Waals surface area contributed by atoms with Gasteiger partial charge in [-0.15, -0.1) is 0 Å². The number of hydrogen-bond acceptors (Lipinski definition) is 2. The highest BCUT2D eigenvalue weighted by atomic mass is 79.9. The van der Waals surface area contributed by atoms with Gasteiger partial charge in [-0.2, -0.15) is 0 Å². The first-order valence-corrected chi connectivity index (χ1v) is 4.24. The third-order valence-corrected chi connectivity index (χ3v) is 2.72. The highest BCUT2D eigenvalue weighted by Crippen LogP contribution is 2.16. The number of aliphatic hydroxyl groups is 1. The molecular formula is C7H11BrN2O. The highest BCUT2D eigenvalue weighted by molar-refractivity contribution is 9.10. The van der Waals surface area contributed by atoms with Gasteiger partial charge in [0.2, 0.25) is 0 Å². The lowest BCUT2D eigenvalue weighted by Gasteiger charge is -1.98. The molecule has 62 valence electrons. The second-order valence-corrected chi connectivity index (χ2v) is 3.19. The lowest BCUT2D eigenvalue weighted by Crippen LogP contribution is -2.00. The fraction of sp³-hybridized carbons (Fsp3) is 0.571. The van der Waals surface area contributed by atoms with Crippen LogP contribution in [0.1, 0.15) is 11.5 Å². The number of hydrogen-bond donors (Lipinski definition) is 1. The summed E-state index contributed by atoms with van der Waals surface area (Å²) in [6.07, 6.45) is 0.614. The van der Waals surface area contributed by atoms with Crippen molar-refractivity contribution in [2.75, 3.05) is 6.61 Å². The van der Waals surface area contributed by atoms with Gasteiger partial charge in [-0.1, -0.05) is 0 Å². The standard InChI is InChI=1S/C7H11BrN2O/c1-5-7(8)10(2)6(9-5)3-4-11/h11H,3-4H2,1-2H3. The van der Waals surface area contributed by atoms with Gasteiger partial charge in [0.1, 0.15) is 10.4 Å². The molecule has 0 bridgehead atoms. The van der Waals surface area contributed by atoms with Crippen LogP contribution in [0.2, 0.25) is 0 Å². The fourth-order valence-electron chi connectivity index (χ4n) is 0.994. The third kappa shape index (κ3) is 1.62. The monoisotopic (exact) mass is 218 g/mol. The first-order chi connectivity index (χ1) is 5.16. The lowest BCUT2D eigenvalue weighted by atomic mass is 10.4. The summed E-state index contributed by atoms with van der Waals surface area (Å²) in [5, 5.41) is 8.68. The van der Waals surface area contributed by atoms with Gasteiger partial charge in [0.25, 0.3) is 0 Å². The van der Waals surface area contributed by atoms with Crippen LogP contribution in [0.15, 0.2) is 4.60 Å². The molecule has 0 unspecified atom stereocenters. The van der Waals surface area contributed by atoms with Crippen LogP contribution in [0.4, 0.5) is 0 Å². The number of rotatable bonds is 2. The maximum atomic E-state index is 8.68. The molecule has 0 fully saturated rings. The van der Waals surface area contributed by atoms with Gasteiger partial charge in [0.05, 0.1) is 12.3 Å². The predicted molar refractivity (Wildman–Crippen MR) is 46.4 cm³/mol. The second-order valence-electron chi connectivity index (χ2n) is 2.44. The summed E-state index contributed by atoms with van der Waals surface area (Å²) in [5.41, 5.74) is 0.968. The van der Waals surface area contributed by atoms with Crippen molar-refractivity contribution in [3.8, 4) is 0 Å². The number of imidazole rings is 1. The molecule has 0 aliphatic carbocycles. The van der Waals surface area contributed by atoms with E-state index in [9.17, 15) is 0 Å². The highest BCUT2D eigenvalue weighted by Gasteiger charge is 2.06. The minimum atomic E-state index is 0.150. The van der Waals surface area contributed by atoms with Crippen LogP contribution in [0.5, 0.6) is 0 Å². The van der Waals surface area contributed by atoms with E-state index in [1.165, 1.54) is 0 Å². The predicted octanol–water partition coefficient (Wildman–Crippen LogP) is 1.03. The normalized spacial score (nSPS) is 10.5. The Hall–Kier alpha value is -0.350. The number of aromatic nitrogens is 2. The molecular weight excluding hydrogens is 208 g/mol. The van der Waals surface area contributed by atoms with Crippen LogP contribution in [-0.2, 0) is 13.5 Å². The van der Waals surface area contributed by atoms with Crippen molar-refractivity contribution in [3.05, 3.63) is 16.1 Å². The summed E-state index contributed by atoms with van der Waals surface area (Å²) in [7, 11) is 1.93. The van der Waals surface area contributed by atoms with Crippen molar-refractivity contribution < 1.29 is 5.11 Å². The molecule has 0 amide bonds. The molecule has 4 heteroatoms. The molecule has 0 atom stereocenters.